The summed E-state index contributed by atoms with van der Waals surface area (Å²) in [4.78, 5) is 0. The summed E-state index contributed by atoms with van der Waals surface area (Å²) in [7, 11) is 3.21. The lowest BCUT2D eigenvalue weighted by atomic mass is 9.99. The van der Waals surface area contributed by atoms with Crippen LogP contribution in [0, 0.1) is 0 Å². The molecule has 1 aromatic carbocycles. The summed E-state index contributed by atoms with van der Waals surface area (Å²) >= 11 is 0. The van der Waals surface area contributed by atoms with Crippen molar-refractivity contribution in [1.29, 1.82) is 0 Å². The normalized spacial score (nSPS) is 27.1. The van der Waals surface area contributed by atoms with Crippen LogP contribution in [-0.2, 0) is 9.47 Å². The summed E-state index contributed by atoms with van der Waals surface area (Å²) in [6.45, 7) is 3.01. The van der Waals surface area contributed by atoms with Crippen LogP contribution in [-0.4, -0.2) is 33.0 Å². The summed E-state index contributed by atoms with van der Waals surface area (Å²) in [5.74, 6) is 1.34. The summed E-state index contributed by atoms with van der Waals surface area (Å²) in [6, 6.07) is 5.60. The summed E-state index contributed by atoms with van der Waals surface area (Å²) in [5, 5.41) is 0. The first kappa shape index (κ1) is 14.1. The van der Waals surface area contributed by atoms with E-state index in [0.29, 0.717) is 24.7 Å². The molecule has 0 atom stereocenters. The molecule has 19 heavy (non-hydrogen) atoms. The van der Waals surface area contributed by atoms with Crippen LogP contribution in [0.3, 0.4) is 0 Å². The first-order valence-corrected chi connectivity index (χ1v) is 6.36. The van der Waals surface area contributed by atoms with Gasteiger partial charge in [-0.15, -0.1) is 0 Å². The fraction of sp³-hybridized carbons (Fsp3) is 0.571. The molecule has 2 rings (SSSR count). The van der Waals surface area contributed by atoms with Gasteiger partial charge in [-0.05, 0) is 18.6 Å². The number of benzene rings is 1. The van der Waals surface area contributed by atoms with Gasteiger partial charge in [0.05, 0.1) is 33.0 Å². The molecule has 5 heteroatoms. The van der Waals surface area contributed by atoms with E-state index in [1.54, 1.807) is 14.2 Å². The van der Waals surface area contributed by atoms with Gasteiger partial charge in [-0.2, -0.15) is 0 Å². The number of hydrogen-bond acceptors (Lipinski definition) is 5. The van der Waals surface area contributed by atoms with Gasteiger partial charge in [-0.1, -0.05) is 13.0 Å². The van der Waals surface area contributed by atoms with Crippen LogP contribution >= 0.6 is 0 Å². The maximum Gasteiger partial charge on any atom is 0.184 e. The van der Waals surface area contributed by atoms with Crippen molar-refractivity contribution in [2.75, 3.05) is 27.4 Å². The van der Waals surface area contributed by atoms with Crippen LogP contribution in [0.2, 0.25) is 0 Å². The Hall–Kier alpha value is -1.30. The third kappa shape index (κ3) is 3.00. The molecule has 2 N–H and O–H groups in total. The maximum atomic E-state index is 6.11. The Morgan fingerprint density at radius 3 is 2.37 bits per heavy atom. The van der Waals surface area contributed by atoms with Crippen molar-refractivity contribution in [2.24, 2.45) is 5.73 Å². The molecule has 106 valence electrons. The summed E-state index contributed by atoms with van der Waals surface area (Å²) < 4.78 is 21.9. The molecule has 1 heterocycles. The average molecular weight is 267 g/mol. The van der Waals surface area contributed by atoms with Gasteiger partial charge < -0.3 is 24.7 Å². The Kier molecular flexibility index (Phi) is 4.29. The SMILES string of the molecule is CCC1(N)COC(c2ccc(OC)c(OC)c2)OC1. The highest BCUT2D eigenvalue weighted by Crippen LogP contribution is 2.33. The summed E-state index contributed by atoms with van der Waals surface area (Å²) in [6.07, 6.45) is 0.425. The Bertz CT molecular complexity index is 427. The lowest BCUT2D eigenvalue weighted by Gasteiger charge is -2.36. The van der Waals surface area contributed by atoms with E-state index < -0.39 is 6.29 Å². The second kappa shape index (κ2) is 5.77. The fourth-order valence-corrected chi connectivity index (χ4v) is 1.97. The molecule has 1 aliphatic heterocycles. The zero-order chi connectivity index (χ0) is 13.9. The molecular formula is C14H21NO4. The molecule has 0 spiro atoms. The van der Waals surface area contributed by atoms with Crippen LogP contribution in [0.5, 0.6) is 11.5 Å². The molecule has 0 bridgehead atoms. The second-order valence-corrected chi connectivity index (χ2v) is 4.78. The minimum absolute atomic E-state index is 0.382. The van der Waals surface area contributed by atoms with Crippen molar-refractivity contribution in [2.45, 2.75) is 25.2 Å². The highest BCUT2D eigenvalue weighted by molar-refractivity contribution is 5.43. The van der Waals surface area contributed by atoms with Crippen molar-refractivity contribution in [3.63, 3.8) is 0 Å². The van der Waals surface area contributed by atoms with Crippen LogP contribution in [0.4, 0.5) is 0 Å². The lowest BCUT2D eigenvalue weighted by molar-refractivity contribution is -0.211. The third-order valence-corrected chi connectivity index (χ3v) is 3.43. The molecule has 5 nitrogen and oxygen atoms in total. The summed E-state index contributed by atoms with van der Waals surface area (Å²) in [5.41, 5.74) is 6.62. The van der Waals surface area contributed by atoms with Crippen LogP contribution in [0.25, 0.3) is 0 Å². The highest BCUT2D eigenvalue weighted by atomic mass is 16.7. The predicted molar refractivity (Wildman–Crippen MR) is 71.4 cm³/mol. The van der Waals surface area contributed by atoms with Crippen molar-refractivity contribution >= 4 is 0 Å². The molecule has 1 aliphatic rings. The molecular weight excluding hydrogens is 246 g/mol. The van der Waals surface area contributed by atoms with E-state index in [9.17, 15) is 0 Å². The van der Waals surface area contributed by atoms with E-state index >= 15 is 0 Å². The van der Waals surface area contributed by atoms with E-state index in [1.807, 2.05) is 25.1 Å². The van der Waals surface area contributed by atoms with Crippen molar-refractivity contribution in [3.8, 4) is 11.5 Å². The Labute approximate surface area is 113 Å². The molecule has 0 saturated carbocycles. The van der Waals surface area contributed by atoms with Gasteiger partial charge in [0.2, 0.25) is 0 Å². The quantitative estimate of drug-likeness (QED) is 0.902. The van der Waals surface area contributed by atoms with Crippen LogP contribution in [0.1, 0.15) is 25.2 Å². The fourth-order valence-electron chi connectivity index (χ4n) is 1.97. The van der Waals surface area contributed by atoms with Gasteiger partial charge in [0.25, 0.3) is 0 Å². The number of rotatable bonds is 4. The van der Waals surface area contributed by atoms with Crippen molar-refractivity contribution in [1.82, 2.24) is 0 Å². The van der Waals surface area contributed by atoms with E-state index in [0.717, 1.165) is 12.0 Å². The minimum atomic E-state index is -0.400. The zero-order valence-electron chi connectivity index (χ0n) is 11.6. The zero-order valence-corrected chi connectivity index (χ0v) is 11.6. The Morgan fingerprint density at radius 1 is 1.21 bits per heavy atom. The van der Waals surface area contributed by atoms with Crippen molar-refractivity contribution < 1.29 is 18.9 Å². The number of ether oxygens (including phenoxy) is 4. The minimum Gasteiger partial charge on any atom is -0.493 e. The van der Waals surface area contributed by atoms with Gasteiger partial charge in [-0.3, -0.25) is 0 Å². The topological polar surface area (TPSA) is 62.9 Å². The Balaban J connectivity index is 2.11. The molecule has 0 amide bonds. The molecule has 0 aliphatic carbocycles. The third-order valence-electron chi connectivity index (χ3n) is 3.43. The van der Waals surface area contributed by atoms with Gasteiger partial charge in [-0.25, -0.2) is 0 Å². The monoisotopic (exact) mass is 267 g/mol. The Morgan fingerprint density at radius 2 is 1.84 bits per heavy atom. The smallest absolute Gasteiger partial charge is 0.184 e. The molecule has 0 unspecified atom stereocenters. The van der Waals surface area contributed by atoms with Crippen LogP contribution < -0.4 is 15.2 Å². The largest absolute Gasteiger partial charge is 0.493 e. The highest BCUT2D eigenvalue weighted by Gasteiger charge is 2.32. The average Bonchev–Trinajstić information content (AvgIpc) is 2.47. The number of hydrogen-bond donors (Lipinski definition) is 1. The van der Waals surface area contributed by atoms with Gasteiger partial charge in [0, 0.05) is 5.56 Å². The molecule has 0 aromatic heterocycles. The molecule has 1 fully saturated rings. The van der Waals surface area contributed by atoms with Gasteiger partial charge in [0.15, 0.2) is 17.8 Å². The predicted octanol–water partition coefficient (Wildman–Crippen LogP) is 1.86. The number of methoxy groups -OCH3 is 2. The second-order valence-electron chi connectivity index (χ2n) is 4.78. The first-order chi connectivity index (χ1) is 9.11. The molecule has 1 aromatic rings. The first-order valence-electron chi connectivity index (χ1n) is 6.36. The van der Waals surface area contributed by atoms with Crippen molar-refractivity contribution in [3.05, 3.63) is 23.8 Å². The molecule has 1 saturated heterocycles. The standard InChI is InChI=1S/C14H21NO4/c1-4-14(15)8-18-13(19-9-14)10-5-6-11(16-2)12(7-10)17-3/h5-7,13H,4,8-9,15H2,1-3H3. The lowest BCUT2D eigenvalue weighted by Crippen LogP contribution is -2.52. The van der Waals surface area contributed by atoms with E-state index in [2.05, 4.69) is 0 Å². The maximum absolute atomic E-state index is 6.11. The van der Waals surface area contributed by atoms with Gasteiger partial charge in [0.1, 0.15) is 0 Å². The van der Waals surface area contributed by atoms with E-state index in [4.69, 9.17) is 24.7 Å². The number of nitrogens with two attached hydrogens (primary N) is 1. The van der Waals surface area contributed by atoms with E-state index in [-0.39, 0.29) is 5.54 Å². The van der Waals surface area contributed by atoms with E-state index in [1.165, 1.54) is 0 Å². The van der Waals surface area contributed by atoms with Gasteiger partial charge >= 0.3 is 0 Å². The molecule has 0 radical (unpaired) electrons. The van der Waals surface area contributed by atoms with Crippen LogP contribution in [0.15, 0.2) is 18.2 Å².